The molecule has 0 aromatic carbocycles. The molecule has 0 spiro atoms. The maximum absolute atomic E-state index is 12.2. The van der Waals surface area contributed by atoms with E-state index in [0.717, 1.165) is 9.75 Å². The summed E-state index contributed by atoms with van der Waals surface area (Å²) in [6.07, 6.45) is 0. The van der Waals surface area contributed by atoms with Gasteiger partial charge >= 0.3 is 0 Å². The Morgan fingerprint density at radius 3 is 3.00 bits per heavy atom. The molecular weight excluding hydrogens is 224 g/mol. The van der Waals surface area contributed by atoms with Gasteiger partial charge in [0.15, 0.2) is 0 Å². The van der Waals surface area contributed by atoms with Gasteiger partial charge < -0.3 is 15.4 Å². The predicted octanol–water partition coefficient (Wildman–Crippen LogP) is 1.50. The van der Waals surface area contributed by atoms with E-state index < -0.39 is 0 Å². The van der Waals surface area contributed by atoms with Gasteiger partial charge in [0.05, 0.1) is 24.1 Å². The quantitative estimate of drug-likeness (QED) is 0.809. The minimum atomic E-state index is 0.0700. The van der Waals surface area contributed by atoms with Gasteiger partial charge in [-0.1, -0.05) is 0 Å². The second-order valence-electron chi connectivity index (χ2n) is 4.04. The molecule has 1 atom stereocenters. The Hall–Kier alpha value is -1.07. The summed E-state index contributed by atoms with van der Waals surface area (Å²) in [7, 11) is 0. The highest BCUT2D eigenvalue weighted by molar-refractivity contribution is 7.14. The van der Waals surface area contributed by atoms with Crippen molar-refractivity contribution >= 4 is 22.9 Å². The summed E-state index contributed by atoms with van der Waals surface area (Å²) in [6.45, 7) is 5.83. The Morgan fingerprint density at radius 1 is 1.69 bits per heavy atom. The highest BCUT2D eigenvalue weighted by Gasteiger charge is 2.26. The van der Waals surface area contributed by atoms with Gasteiger partial charge in [-0.2, -0.15) is 0 Å². The normalized spacial score (nSPS) is 21.1. The van der Waals surface area contributed by atoms with Crippen LogP contribution in [-0.2, 0) is 4.74 Å². The number of amides is 1. The molecule has 4 nitrogen and oxygen atoms in total. The van der Waals surface area contributed by atoms with Crippen molar-refractivity contribution in [3.63, 3.8) is 0 Å². The van der Waals surface area contributed by atoms with Crippen LogP contribution in [0.2, 0.25) is 0 Å². The standard InChI is InChI=1S/C11H16N2O2S/c1-7-6-15-4-3-13(7)11(14)10-5-9(12)8(2)16-10/h5,7H,3-4,6,12H2,1-2H3/t7-/m1/s1. The number of hydrogen-bond acceptors (Lipinski definition) is 4. The van der Waals surface area contributed by atoms with Gasteiger partial charge in [-0.3, -0.25) is 4.79 Å². The highest BCUT2D eigenvalue weighted by Crippen LogP contribution is 2.25. The lowest BCUT2D eigenvalue weighted by Gasteiger charge is -2.32. The fraction of sp³-hybridized carbons (Fsp3) is 0.545. The van der Waals surface area contributed by atoms with Gasteiger partial charge in [-0.25, -0.2) is 0 Å². The summed E-state index contributed by atoms with van der Waals surface area (Å²) < 4.78 is 5.31. The Labute approximate surface area is 99.0 Å². The second-order valence-corrected chi connectivity index (χ2v) is 5.30. The number of nitrogens with zero attached hydrogens (tertiary/aromatic N) is 1. The van der Waals surface area contributed by atoms with Crippen LogP contribution in [0.1, 0.15) is 21.5 Å². The zero-order valence-electron chi connectivity index (χ0n) is 9.53. The number of nitrogens with two attached hydrogens (primary N) is 1. The fourth-order valence-corrected chi connectivity index (χ4v) is 2.67. The van der Waals surface area contributed by atoms with Gasteiger partial charge in [0.25, 0.3) is 5.91 Å². The fourth-order valence-electron chi connectivity index (χ4n) is 1.77. The molecule has 88 valence electrons. The zero-order valence-corrected chi connectivity index (χ0v) is 10.3. The number of carbonyl (C=O) groups is 1. The van der Waals surface area contributed by atoms with Crippen molar-refractivity contribution in [3.8, 4) is 0 Å². The molecule has 1 fully saturated rings. The Morgan fingerprint density at radius 2 is 2.44 bits per heavy atom. The summed E-state index contributed by atoms with van der Waals surface area (Å²) in [4.78, 5) is 15.8. The summed E-state index contributed by atoms with van der Waals surface area (Å²) in [6, 6.07) is 1.91. The maximum Gasteiger partial charge on any atom is 0.264 e. The van der Waals surface area contributed by atoms with Crippen molar-refractivity contribution < 1.29 is 9.53 Å². The number of carbonyl (C=O) groups excluding carboxylic acids is 1. The molecule has 1 aromatic heterocycles. The van der Waals surface area contributed by atoms with Crippen LogP contribution in [-0.4, -0.2) is 36.6 Å². The molecular formula is C11H16N2O2S. The molecule has 2 N–H and O–H groups in total. The third-order valence-corrected chi connectivity index (χ3v) is 3.85. The number of rotatable bonds is 1. The van der Waals surface area contributed by atoms with E-state index in [1.54, 1.807) is 6.07 Å². The highest BCUT2D eigenvalue weighted by atomic mass is 32.1. The lowest BCUT2D eigenvalue weighted by Crippen LogP contribution is -2.46. The van der Waals surface area contributed by atoms with E-state index >= 15 is 0 Å². The van der Waals surface area contributed by atoms with E-state index in [0.29, 0.717) is 25.4 Å². The van der Waals surface area contributed by atoms with Gasteiger partial charge in [-0.05, 0) is 19.9 Å². The molecule has 1 aromatic rings. The first-order valence-electron chi connectivity index (χ1n) is 5.34. The van der Waals surface area contributed by atoms with Crippen LogP contribution in [0.15, 0.2) is 6.07 Å². The number of nitrogen functional groups attached to an aromatic ring is 1. The van der Waals surface area contributed by atoms with Crippen molar-refractivity contribution in [2.24, 2.45) is 0 Å². The Kier molecular flexibility index (Phi) is 3.16. The third-order valence-electron chi connectivity index (χ3n) is 2.80. The molecule has 1 amide bonds. The van der Waals surface area contributed by atoms with Gasteiger partial charge in [0, 0.05) is 17.1 Å². The topological polar surface area (TPSA) is 55.6 Å². The Bertz CT molecular complexity index is 383. The van der Waals surface area contributed by atoms with Crippen LogP contribution in [0.4, 0.5) is 5.69 Å². The molecule has 1 saturated heterocycles. The number of aryl methyl sites for hydroxylation is 1. The smallest absolute Gasteiger partial charge is 0.264 e. The summed E-state index contributed by atoms with van der Waals surface area (Å²) in [5, 5.41) is 0. The number of thiophene rings is 1. The van der Waals surface area contributed by atoms with E-state index in [2.05, 4.69) is 0 Å². The molecule has 2 rings (SSSR count). The van der Waals surface area contributed by atoms with Gasteiger partial charge in [0.2, 0.25) is 0 Å². The zero-order chi connectivity index (χ0) is 11.7. The largest absolute Gasteiger partial charge is 0.398 e. The van der Waals surface area contributed by atoms with Crippen LogP contribution in [0.25, 0.3) is 0 Å². The van der Waals surface area contributed by atoms with Crippen molar-refractivity contribution in [2.45, 2.75) is 19.9 Å². The molecule has 1 aliphatic rings. The van der Waals surface area contributed by atoms with Gasteiger partial charge in [-0.15, -0.1) is 11.3 Å². The van der Waals surface area contributed by atoms with Crippen LogP contribution < -0.4 is 5.73 Å². The van der Waals surface area contributed by atoms with Crippen LogP contribution in [0.5, 0.6) is 0 Å². The molecule has 0 aliphatic carbocycles. The maximum atomic E-state index is 12.2. The molecule has 1 aliphatic heterocycles. The van der Waals surface area contributed by atoms with Crippen molar-refractivity contribution in [3.05, 3.63) is 15.8 Å². The van der Waals surface area contributed by atoms with E-state index in [1.165, 1.54) is 11.3 Å². The number of morpholine rings is 1. The SMILES string of the molecule is Cc1sc(C(=O)N2CCOC[C@H]2C)cc1N. The van der Waals surface area contributed by atoms with E-state index in [4.69, 9.17) is 10.5 Å². The molecule has 0 unspecified atom stereocenters. The van der Waals surface area contributed by atoms with Gasteiger partial charge in [0.1, 0.15) is 0 Å². The van der Waals surface area contributed by atoms with Crippen molar-refractivity contribution in [2.75, 3.05) is 25.5 Å². The van der Waals surface area contributed by atoms with Crippen LogP contribution >= 0.6 is 11.3 Å². The molecule has 5 heteroatoms. The van der Waals surface area contributed by atoms with Crippen LogP contribution in [0, 0.1) is 6.92 Å². The van der Waals surface area contributed by atoms with Crippen molar-refractivity contribution in [1.29, 1.82) is 0 Å². The molecule has 0 bridgehead atoms. The average molecular weight is 240 g/mol. The molecule has 16 heavy (non-hydrogen) atoms. The minimum Gasteiger partial charge on any atom is -0.398 e. The second kappa shape index (κ2) is 4.43. The summed E-state index contributed by atoms with van der Waals surface area (Å²) in [5.74, 6) is 0.0700. The third kappa shape index (κ3) is 2.05. The number of ether oxygens (including phenoxy) is 1. The average Bonchev–Trinajstić information content (AvgIpc) is 2.59. The first-order chi connectivity index (χ1) is 7.59. The van der Waals surface area contributed by atoms with Crippen molar-refractivity contribution in [1.82, 2.24) is 4.90 Å². The first kappa shape index (κ1) is 11.4. The lowest BCUT2D eigenvalue weighted by atomic mass is 10.2. The number of hydrogen-bond donors (Lipinski definition) is 1. The summed E-state index contributed by atoms with van der Waals surface area (Å²) >= 11 is 1.46. The van der Waals surface area contributed by atoms with Crippen LogP contribution in [0.3, 0.4) is 0 Å². The first-order valence-corrected chi connectivity index (χ1v) is 6.16. The van der Waals surface area contributed by atoms with E-state index in [9.17, 15) is 4.79 Å². The Balaban J connectivity index is 2.17. The predicted molar refractivity (Wildman–Crippen MR) is 64.8 cm³/mol. The lowest BCUT2D eigenvalue weighted by molar-refractivity contribution is 0.00387. The van der Waals surface area contributed by atoms with E-state index in [1.807, 2.05) is 18.7 Å². The monoisotopic (exact) mass is 240 g/mol. The number of anilines is 1. The van der Waals surface area contributed by atoms with E-state index in [-0.39, 0.29) is 11.9 Å². The molecule has 2 heterocycles. The minimum absolute atomic E-state index is 0.0700. The summed E-state index contributed by atoms with van der Waals surface area (Å²) in [5.41, 5.74) is 6.46. The molecule has 0 saturated carbocycles. The molecule has 0 radical (unpaired) electrons.